The molecule has 1 aromatic carbocycles. The molecule has 0 saturated carbocycles. The van der Waals surface area contributed by atoms with E-state index >= 15 is 0 Å². The highest BCUT2D eigenvalue weighted by Crippen LogP contribution is 2.15. The van der Waals surface area contributed by atoms with Gasteiger partial charge in [-0.05, 0) is 18.1 Å². The molecule has 0 amide bonds. The van der Waals surface area contributed by atoms with Gasteiger partial charge in [-0.1, -0.05) is 37.6 Å². The summed E-state index contributed by atoms with van der Waals surface area (Å²) in [4.78, 5) is 8.43. The standard InChI is InChI=1S/C13H14N2/c1-2-4-11-5-7-12(8-6-11)13-14-9-3-10-15-13/h3,5-10H,2,4H2,1H3. The molecule has 1 heterocycles. The van der Waals surface area contributed by atoms with Gasteiger partial charge < -0.3 is 0 Å². The molecular weight excluding hydrogens is 184 g/mol. The van der Waals surface area contributed by atoms with Crippen molar-refractivity contribution >= 4 is 0 Å². The Labute approximate surface area is 90.0 Å². The minimum absolute atomic E-state index is 0.792. The van der Waals surface area contributed by atoms with E-state index in [1.165, 1.54) is 12.0 Å². The molecule has 0 unspecified atom stereocenters. The second-order valence-corrected chi connectivity index (χ2v) is 3.52. The third-order valence-corrected chi connectivity index (χ3v) is 2.32. The largest absolute Gasteiger partial charge is 0.237 e. The van der Waals surface area contributed by atoms with Gasteiger partial charge in [-0.3, -0.25) is 0 Å². The Morgan fingerprint density at radius 2 is 1.67 bits per heavy atom. The summed E-state index contributed by atoms with van der Waals surface area (Å²) in [6.45, 7) is 2.19. The Balaban J connectivity index is 2.24. The van der Waals surface area contributed by atoms with Crippen molar-refractivity contribution in [2.45, 2.75) is 19.8 Å². The molecule has 0 spiro atoms. The number of benzene rings is 1. The van der Waals surface area contributed by atoms with Crippen LogP contribution in [0.5, 0.6) is 0 Å². The quantitative estimate of drug-likeness (QED) is 0.757. The maximum absolute atomic E-state index is 4.21. The normalized spacial score (nSPS) is 10.2. The first-order valence-electron chi connectivity index (χ1n) is 5.26. The SMILES string of the molecule is CCCc1ccc(-c2ncccn2)cc1. The maximum Gasteiger partial charge on any atom is 0.159 e. The molecule has 2 nitrogen and oxygen atoms in total. The predicted molar refractivity (Wildman–Crippen MR) is 61.5 cm³/mol. The lowest BCUT2D eigenvalue weighted by atomic mass is 10.1. The molecular formula is C13H14N2. The Hall–Kier alpha value is -1.70. The number of hydrogen-bond donors (Lipinski definition) is 0. The second kappa shape index (κ2) is 4.69. The van der Waals surface area contributed by atoms with Gasteiger partial charge in [0, 0.05) is 18.0 Å². The molecule has 2 rings (SSSR count). The molecule has 76 valence electrons. The van der Waals surface area contributed by atoms with Crippen LogP contribution < -0.4 is 0 Å². The number of hydrogen-bond acceptors (Lipinski definition) is 2. The Morgan fingerprint density at radius 3 is 2.27 bits per heavy atom. The average molecular weight is 198 g/mol. The highest BCUT2D eigenvalue weighted by Gasteiger charge is 1.98. The smallest absolute Gasteiger partial charge is 0.159 e. The van der Waals surface area contributed by atoms with Crippen LogP contribution in [0.1, 0.15) is 18.9 Å². The van der Waals surface area contributed by atoms with Crippen LogP contribution in [0, 0.1) is 0 Å². The lowest BCUT2D eigenvalue weighted by Crippen LogP contribution is -1.88. The van der Waals surface area contributed by atoms with Crippen LogP contribution in [-0.2, 0) is 6.42 Å². The fourth-order valence-electron chi connectivity index (χ4n) is 1.56. The summed E-state index contributed by atoms with van der Waals surface area (Å²) < 4.78 is 0. The summed E-state index contributed by atoms with van der Waals surface area (Å²) in [6, 6.07) is 10.3. The first kappa shape index (κ1) is 9.84. The van der Waals surface area contributed by atoms with Crippen LogP contribution >= 0.6 is 0 Å². The van der Waals surface area contributed by atoms with Crippen LogP contribution in [0.25, 0.3) is 11.4 Å². The molecule has 0 saturated heterocycles. The molecule has 0 fully saturated rings. The molecule has 0 aliphatic carbocycles. The van der Waals surface area contributed by atoms with Crippen molar-refractivity contribution in [3.05, 3.63) is 48.3 Å². The third kappa shape index (κ3) is 2.40. The van der Waals surface area contributed by atoms with Crippen LogP contribution in [-0.4, -0.2) is 9.97 Å². The minimum atomic E-state index is 0.792. The van der Waals surface area contributed by atoms with Crippen molar-refractivity contribution in [3.8, 4) is 11.4 Å². The predicted octanol–water partition coefficient (Wildman–Crippen LogP) is 3.10. The van der Waals surface area contributed by atoms with Gasteiger partial charge in [0.25, 0.3) is 0 Å². The van der Waals surface area contributed by atoms with Crippen LogP contribution in [0.2, 0.25) is 0 Å². The highest BCUT2D eigenvalue weighted by atomic mass is 14.8. The lowest BCUT2D eigenvalue weighted by molar-refractivity contribution is 0.922. The van der Waals surface area contributed by atoms with Gasteiger partial charge in [0.05, 0.1) is 0 Å². The average Bonchev–Trinajstić information content (AvgIpc) is 2.32. The second-order valence-electron chi connectivity index (χ2n) is 3.52. The first-order valence-corrected chi connectivity index (χ1v) is 5.26. The van der Waals surface area contributed by atoms with Crippen molar-refractivity contribution < 1.29 is 0 Å². The van der Waals surface area contributed by atoms with E-state index in [4.69, 9.17) is 0 Å². The topological polar surface area (TPSA) is 25.8 Å². The molecule has 2 aromatic rings. The lowest BCUT2D eigenvalue weighted by Gasteiger charge is -2.01. The van der Waals surface area contributed by atoms with Crippen LogP contribution in [0.4, 0.5) is 0 Å². The van der Waals surface area contributed by atoms with Gasteiger partial charge >= 0.3 is 0 Å². The summed E-state index contributed by atoms with van der Waals surface area (Å²) in [5.74, 6) is 0.792. The van der Waals surface area contributed by atoms with E-state index in [2.05, 4.69) is 41.2 Å². The maximum atomic E-state index is 4.21. The Kier molecular flexibility index (Phi) is 3.08. The van der Waals surface area contributed by atoms with E-state index in [9.17, 15) is 0 Å². The molecule has 0 bridgehead atoms. The minimum Gasteiger partial charge on any atom is -0.237 e. The zero-order valence-corrected chi connectivity index (χ0v) is 8.85. The molecule has 0 N–H and O–H groups in total. The van der Waals surface area contributed by atoms with Crippen molar-refractivity contribution in [3.63, 3.8) is 0 Å². The molecule has 1 aromatic heterocycles. The summed E-state index contributed by atoms with van der Waals surface area (Å²) in [5, 5.41) is 0. The van der Waals surface area contributed by atoms with E-state index in [1.54, 1.807) is 12.4 Å². The van der Waals surface area contributed by atoms with Gasteiger partial charge in [-0.15, -0.1) is 0 Å². The van der Waals surface area contributed by atoms with Crippen molar-refractivity contribution in [1.82, 2.24) is 9.97 Å². The van der Waals surface area contributed by atoms with Gasteiger partial charge in [-0.2, -0.15) is 0 Å². The summed E-state index contributed by atoms with van der Waals surface area (Å²) in [5.41, 5.74) is 2.45. The summed E-state index contributed by atoms with van der Waals surface area (Å²) in [6.07, 6.45) is 5.85. The molecule has 0 aliphatic rings. The van der Waals surface area contributed by atoms with E-state index in [0.29, 0.717) is 0 Å². The molecule has 2 heteroatoms. The molecule has 0 atom stereocenters. The fourth-order valence-corrected chi connectivity index (χ4v) is 1.56. The molecule has 0 aliphatic heterocycles. The van der Waals surface area contributed by atoms with E-state index in [0.717, 1.165) is 17.8 Å². The summed E-state index contributed by atoms with van der Waals surface area (Å²) >= 11 is 0. The Morgan fingerprint density at radius 1 is 1.00 bits per heavy atom. The highest BCUT2D eigenvalue weighted by molar-refractivity contribution is 5.54. The summed E-state index contributed by atoms with van der Waals surface area (Å²) in [7, 11) is 0. The zero-order valence-electron chi connectivity index (χ0n) is 8.85. The number of nitrogens with zero attached hydrogens (tertiary/aromatic N) is 2. The first-order chi connectivity index (χ1) is 7.40. The van der Waals surface area contributed by atoms with E-state index < -0.39 is 0 Å². The number of aryl methyl sites for hydroxylation is 1. The van der Waals surface area contributed by atoms with Gasteiger partial charge in [-0.25, -0.2) is 9.97 Å². The van der Waals surface area contributed by atoms with E-state index in [-0.39, 0.29) is 0 Å². The van der Waals surface area contributed by atoms with Crippen LogP contribution in [0.3, 0.4) is 0 Å². The molecule has 0 radical (unpaired) electrons. The van der Waals surface area contributed by atoms with Gasteiger partial charge in [0.15, 0.2) is 5.82 Å². The number of aromatic nitrogens is 2. The zero-order chi connectivity index (χ0) is 10.5. The van der Waals surface area contributed by atoms with Crippen LogP contribution in [0.15, 0.2) is 42.7 Å². The fraction of sp³-hybridized carbons (Fsp3) is 0.231. The number of rotatable bonds is 3. The monoisotopic (exact) mass is 198 g/mol. The van der Waals surface area contributed by atoms with E-state index in [1.807, 2.05) is 6.07 Å². The van der Waals surface area contributed by atoms with Crippen molar-refractivity contribution in [2.24, 2.45) is 0 Å². The molecule has 15 heavy (non-hydrogen) atoms. The Bertz CT molecular complexity index is 406. The third-order valence-electron chi connectivity index (χ3n) is 2.32. The van der Waals surface area contributed by atoms with Gasteiger partial charge in [0.2, 0.25) is 0 Å². The van der Waals surface area contributed by atoms with Gasteiger partial charge in [0.1, 0.15) is 0 Å². The van der Waals surface area contributed by atoms with Crippen molar-refractivity contribution in [1.29, 1.82) is 0 Å². The van der Waals surface area contributed by atoms with Crippen molar-refractivity contribution in [2.75, 3.05) is 0 Å².